The van der Waals surface area contributed by atoms with Crippen molar-refractivity contribution in [2.75, 3.05) is 13.1 Å². The van der Waals surface area contributed by atoms with Gasteiger partial charge < -0.3 is 4.90 Å². The number of nitrogens with one attached hydrogen (secondary N) is 1. The van der Waals surface area contributed by atoms with Gasteiger partial charge in [-0.15, -0.1) is 0 Å². The average molecular weight is 412 g/mol. The first-order valence-corrected chi connectivity index (χ1v) is 10.6. The van der Waals surface area contributed by atoms with Crippen molar-refractivity contribution in [2.45, 2.75) is 65.3 Å². The molecule has 160 valence electrons. The van der Waals surface area contributed by atoms with E-state index in [-0.39, 0.29) is 23.4 Å². The molecule has 1 aliphatic heterocycles. The number of carbonyl (C=O) groups is 1. The summed E-state index contributed by atoms with van der Waals surface area (Å²) in [6.45, 7) is 9.16. The Morgan fingerprint density at radius 1 is 1.30 bits per heavy atom. The molecule has 0 spiro atoms. The highest BCUT2D eigenvalue weighted by Gasteiger charge is 2.27. The minimum absolute atomic E-state index is 0.0394. The van der Waals surface area contributed by atoms with Crippen LogP contribution in [0.1, 0.15) is 68.1 Å². The fourth-order valence-electron chi connectivity index (χ4n) is 4.33. The fourth-order valence-corrected chi connectivity index (χ4v) is 4.33. The van der Waals surface area contributed by atoms with E-state index in [4.69, 9.17) is 0 Å². The first kappa shape index (κ1) is 20.3. The highest BCUT2D eigenvalue weighted by molar-refractivity contribution is 5.76. The Labute approximate surface area is 175 Å². The number of nitrogens with zero attached hydrogens (tertiary/aromatic N) is 6. The predicted molar refractivity (Wildman–Crippen MR) is 113 cm³/mol. The molecule has 4 rings (SSSR count). The maximum Gasteiger partial charge on any atom is 0.272 e. The second-order valence-electron chi connectivity index (χ2n) is 8.23. The minimum atomic E-state index is -0.0980. The lowest BCUT2D eigenvalue weighted by Gasteiger charge is -2.33. The number of rotatable bonds is 5. The maximum absolute atomic E-state index is 13.0. The molecule has 30 heavy (non-hydrogen) atoms. The molecular weight excluding hydrogens is 382 g/mol. The smallest absolute Gasteiger partial charge is 0.272 e. The summed E-state index contributed by atoms with van der Waals surface area (Å²) in [5, 5.41) is 7.61. The predicted octanol–water partition coefficient (Wildman–Crippen LogP) is 2.15. The Morgan fingerprint density at radius 3 is 2.80 bits per heavy atom. The summed E-state index contributed by atoms with van der Waals surface area (Å²) in [7, 11) is 0. The summed E-state index contributed by atoms with van der Waals surface area (Å²) >= 11 is 0. The van der Waals surface area contributed by atoms with E-state index in [0.717, 1.165) is 48.8 Å². The molecule has 1 amide bonds. The van der Waals surface area contributed by atoms with Gasteiger partial charge in [0.25, 0.3) is 5.56 Å². The summed E-state index contributed by atoms with van der Waals surface area (Å²) < 4.78 is 3.32. The molecule has 0 bridgehead atoms. The van der Waals surface area contributed by atoms with Gasteiger partial charge in [-0.2, -0.15) is 5.10 Å². The largest absolute Gasteiger partial charge is 0.342 e. The SMILES string of the molecule is CCc1cc(=O)n2[nH]c(C3CCCN(C(=O)CC(C)n4nc(C)nc4C)C3)cc2n1. The topological polar surface area (TPSA) is 101 Å². The van der Waals surface area contributed by atoms with Crippen LogP contribution in [-0.4, -0.2) is 53.3 Å². The molecule has 4 heterocycles. The van der Waals surface area contributed by atoms with Crippen molar-refractivity contribution < 1.29 is 4.79 Å². The van der Waals surface area contributed by atoms with Crippen LogP contribution in [0, 0.1) is 13.8 Å². The van der Waals surface area contributed by atoms with Crippen LogP contribution in [0.4, 0.5) is 0 Å². The lowest BCUT2D eigenvalue weighted by molar-refractivity contribution is -0.133. The van der Waals surface area contributed by atoms with Crippen molar-refractivity contribution in [3.8, 4) is 0 Å². The van der Waals surface area contributed by atoms with Crippen LogP contribution < -0.4 is 5.56 Å². The van der Waals surface area contributed by atoms with Crippen molar-refractivity contribution in [3.05, 3.63) is 45.5 Å². The van der Waals surface area contributed by atoms with Crippen LogP contribution in [0.2, 0.25) is 0 Å². The summed E-state index contributed by atoms with van der Waals surface area (Å²) in [5.74, 6) is 1.84. The third kappa shape index (κ3) is 3.88. The van der Waals surface area contributed by atoms with Gasteiger partial charge >= 0.3 is 0 Å². The number of amides is 1. The van der Waals surface area contributed by atoms with Gasteiger partial charge in [-0.25, -0.2) is 19.2 Å². The number of hydrogen-bond donors (Lipinski definition) is 1. The zero-order valence-corrected chi connectivity index (χ0v) is 18.1. The van der Waals surface area contributed by atoms with Gasteiger partial charge in [-0.1, -0.05) is 6.92 Å². The Balaban J connectivity index is 1.48. The van der Waals surface area contributed by atoms with Gasteiger partial charge in [-0.3, -0.25) is 14.7 Å². The Morgan fingerprint density at radius 2 is 2.10 bits per heavy atom. The fraction of sp³-hybridized carbons (Fsp3) is 0.571. The average Bonchev–Trinajstić information content (AvgIpc) is 3.31. The van der Waals surface area contributed by atoms with Gasteiger partial charge in [-0.05, 0) is 40.0 Å². The van der Waals surface area contributed by atoms with E-state index in [1.165, 1.54) is 4.52 Å². The number of piperidine rings is 1. The Hall–Kier alpha value is -2.97. The van der Waals surface area contributed by atoms with Crippen LogP contribution in [0.5, 0.6) is 0 Å². The van der Waals surface area contributed by atoms with E-state index in [9.17, 15) is 9.59 Å². The molecule has 3 aromatic heterocycles. The van der Waals surface area contributed by atoms with Crippen molar-refractivity contribution in [2.24, 2.45) is 0 Å². The van der Waals surface area contributed by atoms with Crippen molar-refractivity contribution in [3.63, 3.8) is 0 Å². The van der Waals surface area contributed by atoms with Crippen LogP contribution >= 0.6 is 0 Å². The number of H-pyrrole nitrogens is 1. The summed E-state index contributed by atoms with van der Waals surface area (Å²) in [6.07, 6.45) is 3.03. The number of aryl methyl sites for hydroxylation is 3. The van der Waals surface area contributed by atoms with E-state index in [1.54, 1.807) is 6.07 Å². The lowest BCUT2D eigenvalue weighted by Crippen LogP contribution is -2.40. The number of carbonyl (C=O) groups excluding carboxylic acids is 1. The van der Waals surface area contributed by atoms with Gasteiger partial charge in [0.2, 0.25) is 5.91 Å². The molecule has 1 fully saturated rings. The van der Waals surface area contributed by atoms with Crippen molar-refractivity contribution in [1.82, 2.24) is 34.3 Å². The number of aromatic nitrogens is 6. The summed E-state index contributed by atoms with van der Waals surface area (Å²) in [6, 6.07) is 3.48. The maximum atomic E-state index is 13.0. The molecule has 9 heteroatoms. The zero-order valence-electron chi connectivity index (χ0n) is 18.1. The highest BCUT2D eigenvalue weighted by Crippen LogP contribution is 2.27. The number of hydrogen-bond acceptors (Lipinski definition) is 5. The van der Waals surface area contributed by atoms with Gasteiger partial charge in [0.15, 0.2) is 5.65 Å². The molecule has 1 N–H and O–H groups in total. The Bertz CT molecular complexity index is 1130. The van der Waals surface area contributed by atoms with E-state index in [1.807, 2.05) is 43.3 Å². The van der Waals surface area contributed by atoms with E-state index < -0.39 is 0 Å². The quantitative estimate of drug-likeness (QED) is 0.693. The van der Waals surface area contributed by atoms with E-state index in [0.29, 0.717) is 18.6 Å². The molecule has 9 nitrogen and oxygen atoms in total. The molecule has 2 unspecified atom stereocenters. The van der Waals surface area contributed by atoms with Gasteiger partial charge in [0.1, 0.15) is 11.6 Å². The van der Waals surface area contributed by atoms with Gasteiger partial charge in [0.05, 0.1) is 6.04 Å². The number of fused-ring (bicyclic) bond motifs is 1. The third-order valence-corrected chi connectivity index (χ3v) is 5.89. The molecule has 1 saturated heterocycles. The molecule has 0 aliphatic carbocycles. The summed E-state index contributed by atoms with van der Waals surface area (Å²) in [5.41, 5.74) is 2.29. The van der Waals surface area contributed by atoms with E-state index in [2.05, 4.69) is 20.2 Å². The van der Waals surface area contributed by atoms with Crippen molar-refractivity contribution in [1.29, 1.82) is 0 Å². The highest BCUT2D eigenvalue weighted by atomic mass is 16.2. The monoisotopic (exact) mass is 411 g/mol. The number of likely N-dealkylation sites (tertiary alicyclic amines) is 1. The second-order valence-corrected chi connectivity index (χ2v) is 8.23. The molecule has 0 aromatic carbocycles. The number of aromatic amines is 1. The van der Waals surface area contributed by atoms with Crippen LogP contribution in [0.25, 0.3) is 5.65 Å². The molecule has 3 aromatic rings. The normalized spacial score (nSPS) is 18.1. The standard InChI is InChI=1S/C21H29N7O2/c1-5-17-10-21(30)28-19(23-17)11-18(25-28)16-7-6-8-26(12-16)20(29)9-13(2)27-15(4)22-14(3)24-27/h10-11,13,16,25H,5-9,12H2,1-4H3. The zero-order chi connectivity index (χ0) is 21.4. The minimum Gasteiger partial charge on any atom is -0.342 e. The van der Waals surface area contributed by atoms with Gasteiger partial charge in [0, 0.05) is 48.9 Å². The van der Waals surface area contributed by atoms with Crippen LogP contribution in [0.15, 0.2) is 16.9 Å². The first-order chi connectivity index (χ1) is 14.4. The lowest BCUT2D eigenvalue weighted by atomic mass is 9.94. The third-order valence-electron chi connectivity index (χ3n) is 5.89. The molecular formula is C21H29N7O2. The first-order valence-electron chi connectivity index (χ1n) is 10.6. The molecule has 1 aliphatic rings. The van der Waals surface area contributed by atoms with Crippen LogP contribution in [0.3, 0.4) is 0 Å². The summed E-state index contributed by atoms with van der Waals surface area (Å²) in [4.78, 5) is 36.1. The molecule has 2 atom stereocenters. The van der Waals surface area contributed by atoms with Crippen LogP contribution in [-0.2, 0) is 11.2 Å². The van der Waals surface area contributed by atoms with E-state index >= 15 is 0 Å². The second kappa shape index (κ2) is 8.04. The molecule has 0 radical (unpaired) electrons. The van der Waals surface area contributed by atoms with Crippen molar-refractivity contribution >= 4 is 11.6 Å². The molecule has 0 saturated carbocycles. The Kier molecular flexibility index (Phi) is 5.44.